The van der Waals surface area contributed by atoms with Crippen molar-refractivity contribution in [2.24, 2.45) is 0 Å². The lowest BCUT2D eigenvalue weighted by molar-refractivity contribution is -0.0423. The molecule has 1 aromatic heterocycles. The van der Waals surface area contributed by atoms with Gasteiger partial charge in [0.2, 0.25) is 0 Å². The molecule has 0 saturated carbocycles. The molecule has 16 heavy (non-hydrogen) atoms. The van der Waals surface area contributed by atoms with E-state index in [1.165, 1.54) is 11.3 Å². The first-order valence-electron chi connectivity index (χ1n) is 5.69. The van der Waals surface area contributed by atoms with Crippen molar-refractivity contribution < 1.29 is 4.74 Å². The van der Waals surface area contributed by atoms with Crippen molar-refractivity contribution in [1.29, 1.82) is 0 Å². The van der Waals surface area contributed by atoms with Crippen LogP contribution in [0.2, 0.25) is 0 Å². The Balaban J connectivity index is 1.83. The lowest BCUT2D eigenvalue weighted by atomic mass is 10.00. The van der Waals surface area contributed by atoms with Gasteiger partial charge < -0.3 is 15.0 Å². The third kappa shape index (κ3) is 3.17. The number of aromatic nitrogens is 1. The van der Waals surface area contributed by atoms with Gasteiger partial charge in [-0.1, -0.05) is 11.3 Å². The van der Waals surface area contributed by atoms with Gasteiger partial charge in [0, 0.05) is 23.7 Å². The van der Waals surface area contributed by atoms with Crippen LogP contribution >= 0.6 is 11.3 Å². The summed E-state index contributed by atoms with van der Waals surface area (Å²) >= 11 is 1.22. The number of hydrogen-bond acceptors (Lipinski definition) is 4. The van der Waals surface area contributed by atoms with Crippen LogP contribution in [0.15, 0.2) is 10.2 Å². The van der Waals surface area contributed by atoms with Crippen LogP contribution in [0.25, 0.3) is 0 Å². The minimum absolute atomic E-state index is 0.0190. The van der Waals surface area contributed by atoms with Crippen LogP contribution in [0.5, 0.6) is 0 Å². The van der Waals surface area contributed by atoms with Gasteiger partial charge in [0.1, 0.15) is 0 Å². The second-order valence-corrected chi connectivity index (χ2v) is 5.32. The van der Waals surface area contributed by atoms with Gasteiger partial charge in [-0.2, -0.15) is 0 Å². The third-order valence-electron chi connectivity index (χ3n) is 2.85. The molecule has 1 aliphatic heterocycles. The van der Waals surface area contributed by atoms with E-state index in [0.29, 0.717) is 18.2 Å². The standard InChI is InChI=1S/C11H18N2O2S/c1-7-3-9(4-8(2)15-7)12-5-10-6-16-11(14)13-10/h6-9,12H,3-5H2,1-2H3,(H,13,14). The first-order chi connectivity index (χ1) is 7.63. The van der Waals surface area contributed by atoms with Gasteiger partial charge in [0.15, 0.2) is 0 Å². The van der Waals surface area contributed by atoms with Crippen molar-refractivity contribution in [2.75, 3.05) is 0 Å². The van der Waals surface area contributed by atoms with Crippen molar-refractivity contribution in [2.45, 2.75) is 51.5 Å². The van der Waals surface area contributed by atoms with Gasteiger partial charge in [-0.15, -0.1) is 0 Å². The molecule has 1 saturated heterocycles. The van der Waals surface area contributed by atoms with Gasteiger partial charge in [-0.05, 0) is 26.7 Å². The zero-order valence-electron chi connectivity index (χ0n) is 9.66. The van der Waals surface area contributed by atoms with E-state index in [9.17, 15) is 4.79 Å². The maximum absolute atomic E-state index is 11.0. The summed E-state index contributed by atoms with van der Waals surface area (Å²) in [6.07, 6.45) is 2.72. The smallest absolute Gasteiger partial charge is 0.304 e. The first-order valence-corrected chi connectivity index (χ1v) is 6.57. The van der Waals surface area contributed by atoms with E-state index in [-0.39, 0.29) is 4.87 Å². The Kier molecular flexibility index (Phi) is 3.78. The van der Waals surface area contributed by atoms with Crippen LogP contribution in [-0.2, 0) is 11.3 Å². The van der Waals surface area contributed by atoms with E-state index in [1.807, 2.05) is 5.38 Å². The van der Waals surface area contributed by atoms with Gasteiger partial charge in [-0.3, -0.25) is 4.79 Å². The molecular weight excluding hydrogens is 224 g/mol. The highest BCUT2D eigenvalue weighted by molar-refractivity contribution is 7.07. The Morgan fingerprint density at radius 3 is 2.75 bits per heavy atom. The Morgan fingerprint density at radius 1 is 1.50 bits per heavy atom. The monoisotopic (exact) mass is 242 g/mol. The second-order valence-electron chi connectivity index (χ2n) is 4.48. The van der Waals surface area contributed by atoms with E-state index in [1.54, 1.807) is 0 Å². The maximum atomic E-state index is 11.0. The maximum Gasteiger partial charge on any atom is 0.304 e. The highest BCUT2D eigenvalue weighted by Crippen LogP contribution is 2.19. The summed E-state index contributed by atoms with van der Waals surface area (Å²) in [5.41, 5.74) is 0.974. The molecule has 2 unspecified atom stereocenters. The average Bonchev–Trinajstić information content (AvgIpc) is 2.60. The highest BCUT2D eigenvalue weighted by atomic mass is 32.1. The van der Waals surface area contributed by atoms with Gasteiger partial charge in [-0.25, -0.2) is 0 Å². The summed E-state index contributed by atoms with van der Waals surface area (Å²) in [5, 5.41) is 5.35. The molecule has 1 fully saturated rings. The number of aromatic amines is 1. The topological polar surface area (TPSA) is 54.1 Å². The van der Waals surface area contributed by atoms with Crippen LogP contribution in [0.3, 0.4) is 0 Å². The SMILES string of the molecule is CC1CC(NCc2csc(=O)[nH]2)CC(C)O1. The predicted molar refractivity (Wildman–Crippen MR) is 64.8 cm³/mol. The Bertz CT molecular complexity index is 377. The van der Waals surface area contributed by atoms with E-state index < -0.39 is 0 Å². The molecule has 2 heterocycles. The molecule has 90 valence electrons. The van der Waals surface area contributed by atoms with Crippen LogP contribution in [0.4, 0.5) is 0 Å². The van der Waals surface area contributed by atoms with Crippen molar-refractivity contribution in [3.63, 3.8) is 0 Å². The Morgan fingerprint density at radius 2 is 2.19 bits per heavy atom. The van der Waals surface area contributed by atoms with E-state index in [4.69, 9.17) is 4.74 Å². The van der Waals surface area contributed by atoms with Gasteiger partial charge in [0.25, 0.3) is 0 Å². The molecule has 1 aromatic rings. The molecule has 2 atom stereocenters. The largest absolute Gasteiger partial charge is 0.375 e. The fourth-order valence-electron chi connectivity index (χ4n) is 2.23. The number of hydrogen-bond donors (Lipinski definition) is 2. The summed E-state index contributed by atoms with van der Waals surface area (Å²) in [6.45, 7) is 4.95. The molecule has 5 heteroatoms. The van der Waals surface area contributed by atoms with Crippen LogP contribution < -0.4 is 10.2 Å². The zero-order chi connectivity index (χ0) is 11.5. The molecule has 0 radical (unpaired) electrons. The Hall–Kier alpha value is -0.650. The molecule has 0 aliphatic carbocycles. The fraction of sp³-hybridized carbons (Fsp3) is 0.727. The Labute approximate surface area is 99.0 Å². The van der Waals surface area contributed by atoms with Crippen LogP contribution in [0.1, 0.15) is 32.4 Å². The summed E-state index contributed by atoms with van der Waals surface area (Å²) in [4.78, 5) is 13.8. The molecule has 0 bridgehead atoms. The third-order valence-corrected chi connectivity index (χ3v) is 3.57. The molecule has 1 aliphatic rings. The van der Waals surface area contributed by atoms with E-state index in [0.717, 1.165) is 25.1 Å². The molecular formula is C11H18N2O2S. The summed E-state index contributed by atoms with van der Waals surface area (Å²) in [6, 6.07) is 0.488. The van der Waals surface area contributed by atoms with Crippen LogP contribution in [0, 0.1) is 0 Å². The normalized spacial score (nSPS) is 30.5. The lowest BCUT2D eigenvalue weighted by Crippen LogP contribution is -2.41. The number of nitrogens with one attached hydrogen (secondary N) is 2. The van der Waals surface area contributed by atoms with E-state index in [2.05, 4.69) is 24.1 Å². The molecule has 0 spiro atoms. The summed E-state index contributed by atoms with van der Waals surface area (Å²) in [7, 11) is 0. The summed E-state index contributed by atoms with van der Waals surface area (Å²) < 4.78 is 5.68. The van der Waals surface area contributed by atoms with Crippen molar-refractivity contribution in [3.05, 3.63) is 20.7 Å². The quantitative estimate of drug-likeness (QED) is 0.844. The molecule has 4 nitrogen and oxygen atoms in total. The molecule has 2 rings (SSSR count). The van der Waals surface area contributed by atoms with Crippen molar-refractivity contribution in [3.8, 4) is 0 Å². The average molecular weight is 242 g/mol. The van der Waals surface area contributed by atoms with Gasteiger partial charge >= 0.3 is 4.87 Å². The predicted octanol–water partition coefficient (Wildman–Crippen LogP) is 1.48. The van der Waals surface area contributed by atoms with E-state index >= 15 is 0 Å². The number of thiazole rings is 1. The van der Waals surface area contributed by atoms with Crippen molar-refractivity contribution in [1.82, 2.24) is 10.3 Å². The lowest BCUT2D eigenvalue weighted by Gasteiger charge is -2.32. The highest BCUT2D eigenvalue weighted by Gasteiger charge is 2.23. The number of rotatable bonds is 3. The summed E-state index contributed by atoms with van der Waals surface area (Å²) in [5.74, 6) is 0. The molecule has 0 amide bonds. The minimum atomic E-state index is 0.0190. The van der Waals surface area contributed by atoms with Crippen molar-refractivity contribution >= 4 is 11.3 Å². The van der Waals surface area contributed by atoms with Crippen LogP contribution in [-0.4, -0.2) is 23.2 Å². The molecule has 0 aromatic carbocycles. The fourth-order valence-corrected chi connectivity index (χ4v) is 2.81. The zero-order valence-corrected chi connectivity index (χ0v) is 10.5. The number of H-pyrrole nitrogens is 1. The molecule has 2 N–H and O–H groups in total. The minimum Gasteiger partial charge on any atom is -0.375 e. The second kappa shape index (κ2) is 5.12. The van der Waals surface area contributed by atoms with Gasteiger partial charge in [0.05, 0.1) is 12.2 Å². The first kappa shape index (κ1) is 11.8. The number of ether oxygens (including phenoxy) is 1.